The number of carbonyl (C=O) groups excluding carboxylic acids is 1. The van der Waals surface area contributed by atoms with Crippen LogP contribution in [-0.4, -0.2) is 12.6 Å². The van der Waals surface area contributed by atoms with Crippen LogP contribution in [0, 0.1) is 0 Å². The standard InChI is InChI=1S/C13H24O2/c1-3-4-5-6-7-8-9-10-11-12-15-13(2)14/h10-11H,3-9,12H2,1-2H3. The molecule has 2 heteroatoms. The number of carbonyl (C=O) groups is 1. The van der Waals surface area contributed by atoms with Crippen LogP contribution in [0.1, 0.15) is 58.8 Å². The summed E-state index contributed by atoms with van der Waals surface area (Å²) in [5, 5.41) is 0. The van der Waals surface area contributed by atoms with Crippen molar-refractivity contribution in [1.82, 2.24) is 0 Å². The molecular weight excluding hydrogens is 188 g/mol. The lowest BCUT2D eigenvalue weighted by Crippen LogP contribution is -1.97. The molecule has 0 radical (unpaired) electrons. The van der Waals surface area contributed by atoms with Crippen molar-refractivity contribution in [3.63, 3.8) is 0 Å². The fraction of sp³-hybridized carbons (Fsp3) is 0.769. The Morgan fingerprint density at radius 1 is 1.07 bits per heavy atom. The summed E-state index contributed by atoms with van der Waals surface area (Å²) in [4.78, 5) is 10.4. The highest BCUT2D eigenvalue weighted by Gasteiger charge is 1.89. The van der Waals surface area contributed by atoms with Gasteiger partial charge in [0.25, 0.3) is 0 Å². The van der Waals surface area contributed by atoms with Gasteiger partial charge >= 0.3 is 5.97 Å². The van der Waals surface area contributed by atoms with Crippen molar-refractivity contribution in [2.45, 2.75) is 58.8 Å². The molecule has 15 heavy (non-hydrogen) atoms. The molecule has 0 unspecified atom stereocenters. The topological polar surface area (TPSA) is 26.3 Å². The molecule has 2 nitrogen and oxygen atoms in total. The van der Waals surface area contributed by atoms with E-state index in [4.69, 9.17) is 4.74 Å². The van der Waals surface area contributed by atoms with Crippen molar-refractivity contribution in [2.24, 2.45) is 0 Å². The van der Waals surface area contributed by atoms with E-state index in [9.17, 15) is 4.79 Å². The van der Waals surface area contributed by atoms with Gasteiger partial charge in [-0.25, -0.2) is 0 Å². The van der Waals surface area contributed by atoms with Crippen molar-refractivity contribution in [2.75, 3.05) is 6.61 Å². The summed E-state index contributed by atoms with van der Waals surface area (Å²) >= 11 is 0. The van der Waals surface area contributed by atoms with Gasteiger partial charge in [0, 0.05) is 6.92 Å². The highest BCUT2D eigenvalue weighted by molar-refractivity contribution is 5.65. The highest BCUT2D eigenvalue weighted by atomic mass is 16.5. The molecule has 0 aromatic carbocycles. The van der Waals surface area contributed by atoms with Crippen molar-refractivity contribution < 1.29 is 9.53 Å². The molecule has 0 saturated carbocycles. The maximum Gasteiger partial charge on any atom is 0.302 e. The molecule has 0 aliphatic rings. The van der Waals surface area contributed by atoms with E-state index >= 15 is 0 Å². The van der Waals surface area contributed by atoms with E-state index in [1.807, 2.05) is 6.08 Å². The smallest absolute Gasteiger partial charge is 0.302 e. The van der Waals surface area contributed by atoms with E-state index < -0.39 is 0 Å². The van der Waals surface area contributed by atoms with E-state index in [2.05, 4.69) is 13.0 Å². The molecule has 0 spiro atoms. The van der Waals surface area contributed by atoms with Gasteiger partial charge in [0.15, 0.2) is 0 Å². The van der Waals surface area contributed by atoms with Crippen molar-refractivity contribution in [3.8, 4) is 0 Å². The number of esters is 1. The molecule has 0 fully saturated rings. The predicted octanol–water partition coefficient (Wildman–Crippen LogP) is 3.86. The molecule has 0 aliphatic carbocycles. The first kappa shape index (κ1) is 14.2. The largest absolute Gasteiger partial charge is 0.462 e. The van der Waals surface area contributed by atoms with Crippen molar-refractivity contribution in [1.29, 1.82) is 0 Å². The lowest BCUT2D eigenvalue weighted by molar-refractivity contribution is -0.139. The van der Waals surface area contributed by atoms with Crippen molar-refractivity contribution >= 4 is 5.97 Å². The average molecular weight is 212 g/mol. The second kappa shape index (κ2) is 11.3. The maximum absolute atomic E-state index is 10.4. The molecule has 0 N–H and O–H groups in total. The van der Waals surface area contributed by atoms with Crippen LogP contribution in [-0.2, 0) is 9.53 Å². The van der Waals surface area contributed by atoms with Crippen LogP contribution in [0.25, 0.3) is 0 Å². The maximum atomic E-state index is 10.4. The third kappa shape index (κ3) is 13.2. The summed E-state index contributed by atoms with van der Waals surface area (Å²) in [6.07, 6.45) is 13.1. The summed E-state index contributed by atoms with van der Waals surface area (Å²) in [7, 11) is 0. The third-order valence-electron chi connectivity index (χ3n) is 2.27. The fourth-order valence-corrected chi connectivity index (χ4v) is 1.39. The van der Waals surface area contributed by atoms with E-state index in [0.29, 0.717) is 6.61 Å². The minimum Gasteiger partial charge on any atom is -0.462 e. The second-order valence-electron chi connectivity index (χ2n) is 3.83. The Bertz CT molecular complexity index is 173. The summed E-state index contributed by atoms with van der Waals surface area (Å²) in [5.41, 5.74) is 0. The van der Waals surface area contributed by atoms with Gasteiger partial charge < -0.3 is 4.74 Å². The molecular formula is C13H24O2. The fourth-order valence-electron chi connectivity index (χ4n) is 1.39. The van der Waals surface area contributed by atoms with E-state index in [0.717, 1.165) is 6.42 Å². The lowest BCUT2D eigenvalue weighted by atomic mass is 10.1. The molecule has 0 bridgehead atoms. The Labute approximate surface area is 93.7 Å². The molecule has 0 aliphatic heterocycles. The first-order valence-corrected chi connectivity index (χ1v) is 6.05. The Morgan fingerprint density at radius 2 is 1.73 bits per heavy atom. The molecule has 0 saturated heterocycles. The molecule has 0 amide bonds. The Kier molecular flexibility index (Phi) is 10.7. The molecule has 0 rings (SSSR count). The van der Waals surface area contributed by atoms with Crippen LogP contribution < -0.4 is 0 Å². The van der Waals surface area contributed by atoms with Crippen LogP contribution in [0.15, 0.2) is 12.2 Å². The second-order valence-corrected chi connectivity index (χ2v) is 3.83. The van der Waals surface area contributed by atoms with E-state index in [1.165, 1.54) is 45.4 Å². The first-order chi connectivity index (χ1) is 7.27. The van der Waals surface area contributed by atoms with Crippen LogP contribution in [0.5, 0.6) is 0 Å². The van der Waals surface area contributed by atoms with Gasteiger partial charge in [-0.1, -0.05) is 51.2 Å². The number of ether oxygens (including phenoxy) is 1. The van der Waals surface area contributed by atoms with Gasteiger partial charge in [0.2, 0.25) is 0 Å². The first-order valence-electron chi connectivity index (χ1n) is 6.05. The Hall–Kier alpha value is -0.790. The molecule has 0 aromatic heterocycles. The zero-order valence-corrected chi connectivity index (χ0v) is 10.1. The van der Waals surface area contributed by atoms with Gasteiger partial charge in [0.05, 0.1) is 0 Å². The minimum atomic E-state index is -0.209. The Balaban J connectivity index is 3.06. The van der Waals surface area contributed by atoms with Crippen LogP contribution in [0.3, 0.4) is 0 Å². The SMILES string of the molecule is CCCCCCCCC=CCOC(C)=O. The van der Waals surface area contributed by atoms with Crippen LogP contribution in [0.2, 0.25) is 0 Å². The zero-order valence-electron chi connectivity index (χ0n) is 10.1. The van der Waals surface area contributed by atoms with Crippen LogP contribution >= 0.6 is 0 Å². The molecule has 0 atom stereocenters. The predicted molar refractivity (Wildman–Crippen MR) is 63.8 cm³/mol. The number of unbranched alkanes of at least 4 members (excludes halogenated alkanes) is 6. The normalized spacial score (nSPS) is 10.8. The number of hydrogen-bond donors (Lipinski definition) is 0. The monoisotopic (exact) mass is 212 g/mol. The van der Waals surface area contributed by atoms with Gasteiger partial charge in [0.1, 0.15) is 6.61 Å². The molecule has 0 aromatic rings. The summed E-state index contributed by atoms with van der Waals surface area (Å²) < 4.78 is 4.78. The number of allylic oxidation sites excluding steroid dienone is 1. The summed E-state index contributed by atoms with van der Waals surface area (Å²) in [6, 6.07) is 0. The number of hydrogen-bond acceptors (Lipinski definition) is 2. The van der Waals surface area contributed by atoms with Crippen LogP contribution in [0.4, 0.5) is 0 Å². The van der Waals surface area contributed by atoms with Crippen molar-refractivity contribution in [3.05, 3.63) is 12.2 Å². The quantitative estimate of drug-likeness (QED) is 0.329. The molecule has 0 heterocycles. The zero-order chi connectivity index (χ0) is 11.4. The summed E-state index contributed by atoms with van der Waals surface area (Å²) in [5.74, 6) is -0.209. The minimum absolute atomic E-state index is 0.209. The average Bonchev–Trinajstić information content (AvgIpc) is 2.20. The van der Waals surface area contributed by atoms with Gasteiger partial charge in [-0.2, -0.15) is 0 Å². The van der Waals surface area contributed by atoms with E-state index in [1.54, 1.807) is 0 Å². The van der Waals surface area contributed by atoms with Gasteiger partial charge in [-0.05, 0) is 12.8 Å². The third-order valence-corrected chi connectivity index (χ3v) is 2.27. The lowest BCUT2D eigenvalue weighted by Gasteiger charge is -1.98. The number of rotatable bonds is 9. The van der Waals surface area contributed by atoms with Gasteiger partial charge in [-0.15, -0.1) is 0 Å². The van der Waals surface area contributed by atoms with E-state index in [-0.39, 0.29) is 5.97 Å². The molecule has 88 valence electrons. The highest BCUT2D eigenvalue weighted by Crippen LogP contribution is 2.06. The summed E-state index contributed by atoms with van der Waals surface area (Å²) in [6.45, 7) is 4.09. The Morgan fingerprint density at radius 3 is 2.40 bits per heavy atom. The van der Waals surface area contributed by atoms with Gasteiger partial charge in [-0.3, -0.25) is 4.79 Å².